The number of rotatable bonds is 8. The van der Waals surface area contributed by atoms with Gasteiger partial charge in [0.15, 0.2) is 0 Å². The summed E-state index contributed by atoms with van der Waals surface area (Å²) >= 11 is 0. The van der Waals surface area contributed by atoms with Crippen molar-refractivity contribution in [2.45, 2.75) is 25.9 Å². The summed E-state index contributed by atoms with van der Waals surface area (Å²) in [6.45, 7) is 2.59. The lowest BCUT2D eigenvalue weighted by Crippen LogP contribution is -2.24. The van der Waals surface area contributed by atoms with Gasteiger partial charge in [-0.05, 0) is 42.2 Å². The lowest BCUT2D eigenvalue weighted by atomic mass is 10.1. The Morgan fingerprint density at radius 1 is 0.840 bits per heavy atom. The number of pyridine rings is 1. The molecule has 25 heavy (non-hydrogen) atoms. The standard InChI is InChI=1S/C22H23NO2/c1-2-20(25-22-10-6-7-15-23-22)17-24-21-13-11-19(12-14-21)16-18-8-4-3-5-9-18/h3-15,20H,2,16-17H2,1H3. The summed E-state index contributed by atoms with van der Waals surface area (Å²) < 4.78 is 11.7. The minimum absolute atomic E-state index is 0.0149. The molecule has 0 radical (unpaired) electrons. The molecule has 0 saturated heterocycles. The van der Waals surface area contributed by atoms with E-state index >= 15 is 0 Å². The first-order valence-electron chi connectivity index (χ1n) is 8.67. The Morgan fingerprint density at radius 3 is 2.24 bits per heavy atom. The molecule has 1 aromatic heterocycles. The van der Waals surface area contributed by atoms with Crippen molar-refractivity contribution in [3.8, 4) is 11.6 Å². The van der Waals surface area contributed by atoms with Gasteiger partial charge >= 0.3 is 0 Å². The van der Waals surface area contributed by atoms with Gasteiger partial charge in [-0.3, -0.25) is 0 Å². The lowest BCUT2D eigenvalue weighted by Gasteiger charge is -2.17. The molecule has 0 aliphatic heterocycles. The van der Waals surface area contributed by atoms with Crippen LogP contribution in [0.1, 0.15) is 24.5 Å². The third-order valence-corrected chi connectivity index (χ3v) is 3.99. The molecular weight excluding hydrogens is 310 g/mol. The molecule has 3 rings (SSSR count). The number of hydrogen-bond donors (Lipinski definition) is 0. The van der Waals surface area contributed by atoms with E-state index in [1.54, 1.807) is 6.20 Å². The summed E-state index contributed by atoms with van der Waals surface area (Å²) in [7, 11) is 0. The quantitative estimate of drug-likeness (QED) is 0.587. The van der Waals surface area contributed by atoms with Crippen LogP contribution in [0.15, 0.2) is 79.0 Å². The SMILES string of the molecule is CCC(COc1ccc(Cc2ccccc2)cc1)Oc1ccccn1. The van der Waals surface area contributed by atoms with E-state index in [0.29, 0.717) is 12.5 Å². The van der Waals surface area contributed by atoms with Crippen LogP contribution in [0.4, 0.5) is 0 Å². The maximum Gasteiger partial charge on any atom is 0.213 e. The third-order valence-electron chi connectivity index (χ3n) is 3.99. The summed E-state index contributed by atoms with van der Waals surface area (Å²) in [5, 5.41) is 0. The van der Waals surface area contributed by atoms with Crippen molar-refractivity contribution in [1.82, 2.24) is 4.98 Å². The predicted molar refractivity (Wildman–Crippen MR) is 100 cm³/mol. The van der Waals surface area contributed by atoms with Gasteiger partial charge in [-0.15, -0.1) is 0 Å². The van der Waals surface area contributed by atoms with Crippen LogP contribution in [0.25, 0.3) is 0 Å². The van der Waals surface area contributed by atoms with Crippen LogP contribution in [0.2, 0.25) is 0 Å². The maximum absolute atomic E-state index is 5.88. The van der Waals surface area contributed by atoms with Gasteiger partial charge in [0.25, 0.3) is 0 Å². The van der Waals surface area contributed by atoms with Gasteiger partial charge in [0.1, 0.15) is 18.5 Å². The van der Waals surface area contributed by atoms with Crippen molar-refractivity contribution in [1.29, 1.82) is 0 Å². The minimum atomic E-state index is -0.0149. The first kappa shape index (κ1) is 17.0. The molecule has 1 atom stereocenters. The van der Waals surface area contributed by atoms with Gasteiger partial charge in [0, 0.05) is 12.3 Å². The number of benzene rings is 2. The Bertz CT molecular complexity index is 742. The van der Waals surface area contributed by atoms with Gasteiger partial charge in [-0.25, -0.2) is 4.98 Å². The first-order valence-corrected chi connectivity index (χ1v) is 8.67. The second kappa shape index (κ2) is 8.88. The number of aromatic nitrogens is 1. The summed E-state index contributed by atoms with van der Waals surface area (Å²) in [6.07, 6.45) is 3.51. The Balaban J connectivity index is 1.52. The topological polar surface area (TPSA) is 31.4 Å². The molecule has 3 heteroatoms. The second-order valence-electron chi connectivity index (χ2n) is 5.93. The maximum atomic E-state index is 5.88. The van der Waals surface area contributed by atoms with Crippen LogP contribution in [0.3, 0.4) is 0 Å². The minimum Gasteiger partial charge on any atom is -0.490 e. The summed E-state index contributed by atoms with van der Waals surface area (Å²) in [6, 6.07) is 24.4. The highest BCUT2D eigenvalue weighted by atomic mass is 16.5. The Morgan fingerprint density at radius 2 is 1.56 bits per heavy atom. The molecular formula is C22H23NO2. The highest BCUT2D eigenvalue weighted by Gasteiger charge is 2.10. The van der Waals surface area contributed by atoms with Crippen molar-refractivity contribution >= 4 is 0 Å². The fourth-order valence-corrected chi connectivity index (χ4v) is 2.55. The van der Waals surface area contributed by atoms with Crippen molar-refractivity contribution in [3.05, 3.63) is 90.1 Å². The van der Waals surface area contributed by atoms with E-state index in [0.717, 1.165) is 18.6 Å². The van der Waals surface area contributed by atoms with Crippen molar-refractivity contribution in [3.63, 3.8) is 0 Å². The fourth-order valence-electron chi connectivity index (χ4n) is 2.55. The number of nitrogens with zero attached hydrogens (tertiary/aromatic N) is 1. The molecule has 0 bridgehead atoms. The molecule has 1 unspecified atom stereocenters. The molecule has 0 N–H and O–H groups in total. The van der Waals surface area contributed by atoms with Gasteiger partial charge < -0.3 is 9.47 Å². The largest absolute Gasteiger partial charge is 0.490 e. The van der Waals surface area contributed by atoms with E-state index < -0.39 is 0 Å². The number of ether oxygens (including phenoxy) is 2. The van der Waals surface area contributed by atoms with E-state index in [1.165, 1.54) is 11.1 Å². The smallest absolute Gasteiger partial charge is 0.213 e. The fraction of sp³-hybridized carbons (Fsp3) is 0.227. The molecule has 1 heterocycles. The van der Waals surface area contributed by atoms with E-state index in [9.17, 15) is 0 Å². The second-order valence-corrected chi connectivity index (χ2v) is 5.93. The average Bonchev–Trinajstić information content (AvgIpc) is 2.68. The molecule has 0 aliphatic carbocycles. The van der Waals surface area contributed by atoms with E-state index in [2.05, 4.69) is 48.3 Å². The molecule has 2 aromatic carbocycles. The van der Waals surface area contributed by atoms with Crippen LogP contribution in [-0.2, 0) is 6.42 Å². The Labute approximate surface area is 149 Å². The van der Waals surface area contributed by atoms with Gasteiger partial charge in [0.05, 0.1) is 0 Å². The van der Waals surface area contributed by atoms with Crippen molar-refractivity contribution < 1.29 is 9.47 Å². The van der Waals surface area contributed by atoms with Crippen LogP contribution in [0.5, 0.6) is 11.6 Å². The summed E-state index contributed by atoms with van der Waals surface area (Å²) in [5.41, 5.74) is 2.58. The Hall–Kier alpha value is -2.81. The molecule has 0 saturated carbocycles. The van der Waals surface area contributed by atoms with Gasteiger partial charge in [-0.2, -0.15) is 0 Å². The number of hydrogen-bond acceptors (Lipinski definition) is 3. The molecule has 3 aromatic rings. The van der Waals surface area contributed by atoms with E-state index in [1.807, 2.05) is 36.4 Å². The Kier molecular flexibility index (Phi) is 6.05. The normalized spacial score (nSPS) is 11.7. The summed E-state index contributed by atoms with van der Waals surface area (Å²) in [5.74, 6) is 1.50. The van der Waals surface area contributed by atoms with E-state index in [4.69, 9.17) is 9.47 Å². The van der Waals surface area contributed by atoms with Gasteiger partial charge in [-0.1, -0.05) is 55.5 Å². The van der Waals surface area contributed by atoms with Gasteiger partial charge in [0.2, 0.25) is 5.88 Å². The molecule has 0 fully saturated rings. The van der Waals surface area contributed by atoms with Crippen LogP contribution < -0.4 is 9.47 Å². The zero-order valence-corrected chi connectivity index (χ0v) is 14.5. The van der Waals surface area contributed by atoms with Crippen LogP contribution in [0, 0.1) is 0 Å². The third kappa shape index (κ3) is 5.35. The van der Waals surface area contributed by atoms with Crippen molar-refractivity contribution in [2.24, 2.45) is 0 Å². The highest BCUT2D eigenvalue weighted by molar-refractivity contribution is 5.31. The molecule has 0 aliphatic rings. The molecule has 0 amide bonds. The van der Waals surface area contributed by atoms with Crippen LogP contribution in [-0.4, -0.2) is 17.7 Å². The van der Waals surface area contributed by atoms with E-state index in [-0.39, 0.29) is 6.10 Å². The van der Waals surface area contributed by atoms with Crippen molar-refractivity contribution in [2.75, 3.05) is 6.61 Å². The highest BCUT2D eigenvalue weighted by Crippen LogP contribution is 2.17. The monoisotopic (exact) mass is 333 g/mol. The predicted octanol–water partition coefficient (Wildman–Crippen LogP) is 4.91. The lowest BCUT2D eigenvalue weighted by molar-refractivity contribution is 0.120. The first-order chi connectivity index (χ1) is 12.3. The average molecular weight is 333 g/mol. The molecule has 3 nitrogen and oxygen atoms in total. The zero-order chi connectivity index (χ0) is 17.3. The molecule has 128 valence electrons. The summed E-state index contributed by atoms with van der Waals surface area (Å²) in [4.78, 5) is 4.20. The van der Waals surface area contributed by atoms with Crippen LogP contribution >= 0.6 is 0 Å². The molecule has 0 spiro atoms. The zero-order valence-electron chi connectivity index (χ0n) is 14.5.